The van der Waals surface area contributed by atoms with E-state index in [1.165, 1.54) is 28.4 Å². The van der Waals surface area contributed by atoms with Crippen LogP contribution in [0.1, 0.15) is 61.5 Å². The summed E-state index contributed by atoms with van der Waals surface area (Å²) in [5, 5.41) is 5.03. The zero-order chi connectivity index (χ0) is 14.6. The molecule has 1 aromatic rings. The normalized spacial score (nSPS) is 26.9. The summed E-state index contributed by atoms with van der Waals surface area (Å²) in [6.45, 7) is 7.63. The Morgan fingerprint density at radius 2 is 2.20 bits per heavy atom. The first-order valence-corrected chi connectivity index (χ1v) is 8.74. The van der Waals surface area contributed by atoms with Crippen LogP contribution in [0, 0.1) is 6.92 Å². The average Bonchev–Trinajstić information content (AvgIpc) is 2.86. The molecule has 1 N–H and O–H groups in total. The van der Waals surface area contributed by atoms with E-state index in [9.17, 15) is 0 Å². The van der Waals surface area contributed by atoms with E-state index >= 15 is 0 Å². The number of aromatic nitrogens is 1. The summed E-state index contributed by atoms with van der Waals surface area (Å²) in [5.74, 6) is 0. The maximum atomic E-state index is 5.85. The third-order valence-corrected chi connectivity index (χ3v) is 5.61. The quantitative estimate of drug-likeness (QED) is 0.867. The fourth-order valence-electron chi connectivity index (χ4n) is 3.28. The Balaban J connectivity index is 2.38. The summed E-state index contributed by atoms with van der Waals surface area (Å²) in [6, 6.07) is 0. The van der Waals surface area contributed by atoms with Gasteiger partial charge < -0.3 is 10.1 Å². The molecule has 2 atom stereocenters. The number of rotatable bonds is 6. The highest BCUT2D eigenvalue weighted by Gasteiger charge is 2.44. The van der Waals surface area contributed by atoms with Crippen molar-refractivity contribution in [2.45, 2.75) is 70.9 Å². The molecule has 1 aliphatic rings. The molecule has 0 bridgehead atoms. The first-order chi connectivity index (χ1) is 9.67. The third kappa shape index (κ3) is 2.92. The van der Waals surface area contributed by atoms with E-state index in [1.807, 2.05) is 18.4 Å². The van der Waals surface area contributed by atoms with Crippen molar-refractivity contribution in [3.05, 3.63) is 15.6 Å². The van der Waals surface area contributed by atoms with Crippen molar-refractivity contribution in [3.8, 4) is 0 Å². The molecular weight excluding hydrogens is 268 g/mol. The first kappa shape index (κ1) is 15.9. The summed E-state index contributed by atoms with van der Waals surface area (Å²) in [4.78, 5) is 6.31. The van der Waals surface area contributed by atoms with E-state index in [-0.39, 0.29) is 11.6 Å². The number of ether oxygens (including phenoxy) is 1. The zero-order valence-corrected chi connectivity index (χ0v) is 14.1. The lowest BCUT2D eigenvalue weighted by Gasteiger charge is -2.42. The van der Waals surface area contributed by atoms with Crippen LogP contribution in [-0.2, 0) is 16.7 Å². The smallest absolute Gasteiger partial charge is 0.116 e. The van der Waals surface area contributed by atoms with Crippen molar-refractivity contribution in [2.75, 3.05) is 13.7 Å². The SMILES string of the molecule is CCCNC1(c2nc(CC)c(C)s2)CCCCC1OC. The highest BCUT2D eigenvalue weighted by atomic mass is 32.1. The molecule has 1 saturated carbocycles. The lowest BCUT2D eigenvalue weighted by molar-refractivity contribution is -0.0154. The van der Waals surface area contributed by atoms with Gasteiger partial charge in [-0.05, 0) is 39.2 Å². The van der Waals surface area contributed by atoms with Gasteiger partial charge in [-0.2, -0.15) is 0 Å². The second-order valence-electron chi connectivity index (χ2n) is 5.74. The van der Waals surface area contributed by atoms with Crippen LogP contribution in [-0.4, -0.2) is 24.7 Å². The summed E-state index contributed by atoms with van der Waals surface area (Å²) in [5.41, 5.74) is 1.19. The Kier molecular flexibility index (Phi) is 5.58. The minimum absolute atomic E-state index is 0.0636. The number of methoxy groups -OCH3 is 1. The molecule has 1 heterocycles. The highest BCUT2D eigenvalue weighted by molar-refractivity contribution is 7.11. The molecule has 0 spiro atoms. The van der Waals surface area contributed by atoms with Crippen molar-refractivity contribution in [1.29, 1.82) is 0 Å². The largest absolute Gasteiger partial charge is 0.379 e. The molecule has 1 fully saturated rings. The van der Waals surface area contributed by atoms with Gasteiger partial charge in [0.25, 0.3) is 0 Å². The maximum Gasteiger partial charge on any atom is 0.116 e. The monoisotopic (exact) mass is 296 g/mol. The van der Waals surface area contributed by atoms with Crippen LogP contribution >= 0.6 is 11.3 Å². The van der Waals surface area contributed by atoms with Crippen molar-refractivity contribution >= 4 is 11.3 Å². The van der Waals surface area contributed by atoms with Gasteiger partial charge in [-0.25, -0.2) is 4.98 Å². The lowest BCUT2D eigenvalue weighted by Crippen LogP contribution is -2.54. The molecular formula is C16H28N2OS. The summed E-state index contributed by atoms with van der Waals surface area (Å²) < 4.78 is 5.85. The molecule has 0 saturated heterocycles. The van der Waals surface area contributed by atoms with Crippen molar-refractivity contribution in [1.82, 2.24) is 10.3 Å². The van der Waals surface area contributed by atoms with Crippen LogP contribution in [0.5, 0.6) is 0 Å². The maximum absolute atomic E-state index is 5.85. The Bertz CT molecular complexity index is 432. The Hall–Kier alpha value is -0.450. The van der Waals surface area contributed by atoms with Gasteiger partial charge >= 0.3 is 0 Å². The van der Waals surface area contributed by atoms with Crippen LogP contribution < -0.4 is 5.32 Å². The molecule has 3 nitrogen and oxygen atoms in total. The second kappa shape index (κ2) is 7.01. The molecule has 1 aliphatic carbocycles. The Morgan fingerprint density at radius 1 is 1.40 bits per heavy atom. The minimum atomic E-state index is -0.0636. The van der Waals surface area contributed by atoms with Gasteiger partial charge in [0.1, 0.15) is 5.01 Å². The van der Waals surface area contributed by atoms with Gasteiger partial charge in [0.05, 0.1) is 17.3 Å². The predicted octanol–water partition coefficient (Wildman–Crippen LogP) is 3.80. The molecule has 114 valence electrons. The molecule has 20 heavy (non-hydrogen) atoms. The predicted molar refractivity (Wildman–Crippen MR) is 85.5 cm³/mol. The van der Waals surface area contributed by atoms with E-state index in [4.69, 9.17) is 9.72 Å². The van der Waals surface area contributed by atoms with Gasteiger partial charge in [0, 0.05) is 12.0 Å². The number of thiazole rings is 1. The number of aryl methyl sites for hydroxylation is 2. The van der Waals surface area contributed by atoms with Gasteiger partial charge in [0.15, 0.2) is 0 Å². The minimum Gasteiger partial charge on any atom is -0.379 e. The van der Waals surface area contributed by atoms with Crippen LogP contribution in [0.15, 0.2) is 0 Å². The van der Waals surface area contributed by atoms with E-state index in [0.29, 0.717) is 0 Å². The number of nitrogens with one attached hydrogen (secondary N) is 1. The summed E-state index contributed by atoms with van der Waals surface area (Å²) in [6.07, 6.45) is 7.20. The lowest BCUT2D eigenvalue weighted by atomic mass is 9.79. The van der Waals surface area contributed by atoms with E-state index in [2.05, 4.69) is 26.1 Å². The van der Waals surface area contributed by atoms with Crippen LogP contribution in [0.25, 0.3) is 0 Å². The summed E-state index contributed by atoms with van der Waals surface area (Å²) in [7, 11) is 1.85. The molecule has 0 amide bonds. The zero-order valence-electron chi connectivity index (χ0n) is 13.3. The van der Waals surface area contributed by atoms with Gasteiger partial charge in [-0.1, -0.05) is 26.7 Å². The van der Waals surface area contributed by atoms with Gasteiger partial charge in [-0.3, -0.25) is 0 Å². The number of nitrogens with zero attached hydrogens (tertiary/aromatic N) is 1. The second-order valence-corrected chi connectivity index (χ2v) is 6.95. The highest BCUT2D eigenvalue weighted by Crippen LogP contribution is 2.41. The first-order valence-electron chi connectivity index (χ1n) is 7.92. The molecule has 2 unspecified atom stereocenters. The van der Waals surface area contributed by atoms with Crippen LogP contribution in [0.3, 0.4) is 0 Å². The molecule has 0 aromatic carbocycles. The molecule has 1 aromatic heterocycles. The molecule has 0 radical (unpaired) electrons. The average molecular weight is 296 g/mol. The Labute approximate surface area is 127 Å². The topological polar surface area (TPSA) is 34.2 Å². The third-order valence-electron chi connectivity index (χ3n) is 4.42. The van der Waals surface area contributed by atoms with Crippen LogP contribution in [0.2, 0.25) is 0 Å². The number of hydrogen-bond acceptors (Lipinski definition) is 4. The number of hydrogen-bond donors (Lipinski definition) is 1. The Morgan fingerprint density at radius 3 is 2.80 bits per heavy atom. The van der Waals surface area contributed by atoms with Crippen molar-refractivity contribution in [3.63, 3.8) is 0 Å². The van der Waals surface area contributed by atoms with Gasteiger partial charge in [0.2, 0.25) is 0 Å². The molecule has 4 heteroatoms. The van der Waals surface area contributed by atoms with Crippen molar-refractivity contribution < 1.29 is 4.74 Å². The standard InChI is InChI=1S/C16H28N2OS/c1-5-11-17-16(10-8-7-9-14(16)19-4)15-18-13(6-2)12(3)20-15/h14,17H,5-11H2,1-4H3. The van der Waals surface area contributed by atoms with Crippen molar-refractivity contribution in [2.24, 2.45) is 0 Å². The molecule has 2 rings (SSSR count). The summed E-state index contributed by atoms with van der Waals surface area (Å²) >= 11 is 1.86. The molecule has 0 aliphatic heterocycles. The van der Waals surface area contributed by atoms with E-state index in [0.717, 1.165) is 32.2 Å². The van der Waals surface area contributed by atoms with E-state index < -0.39 is 0 Å². The van der Waals surface area contributed by atoms with Gasteiger partial charge in [-0.15, -0.1) is 11.3 Å². The van der Waals surface area contributed by atoms with E-state index in [1.54, 1.807) is 0 Å². The fourth-order valence-corrected chi connectivity index (χ4v) is 4.52. The van der Waals surface area contributed by atoms with Crippen LogP contribution in [0.4, 0.5) is 0 Å². The fraction of sp³-hybridized carbons (Fsp3) is 0.812.